The maximum Gasteiger partial charge on any atom is 0.274 e. The minimum Gasteiger partial charge on any atom is -0.368 e. The fourth-order valence-electron chi connectivity index (χ4n) is 6.34. The Morgan fingerprint density at radius 2 is 1.81 bits per heavy atom. The summed E-state index contributed by atoms with van der Waals surface area (Å²) in [5.74, 6) is 1.12. The van der Waals surface area contributed by atoms with E-state index in [4.69, 9.17) is 0 Å². The smallest absolute Gasteiger partial charge is 0.274 e. The summed E-state index contributed by atoms with van der Waals surface area (Å²) >= 11 is 1.56. The Bertz CT molecular complexity index is 1700. The number of thiophene rings is 1. The number of rotatable bonds is 6. The van der Waals surface area contributed by atoms with Crippen molar-refractivity contribution in [1.29, 1.82) is 0 Å². The number of fused-ring (bicyclic) bond motifs is 5. The minimum absolute atomic E-state index is 0.0385. The molecule has 4 aromatic heterocycles. The lowest BCUT2D eigenvalue weighted by molar-refractivity contribution is 0.103. The topological polar surface area (TPSA) is 95.4 Å². The highest BCUT2D eigenvalue weighted by atomic mass is 32.1. The number of aromatic nitrogens is 3. The molecule has 216 valence electrons. The van der Waals surface area contributed by atoms with Gasteiger partial charge in [0, 0.05) is 49.9 Å². The molecule has 11 heteroatoms. The summed E-state index contributed by atoms with van der Waals surface area (Å²) in [6.45, 7) is 3.86. The van der Waals surface area contributed by atoms with Crippen molar-refractivity contribution in [2.24, 2.45) is 7.05 Å². The second-order valence-corrected chi connectivity index (χ2v) is 12.6. The van der Waals surface area contributed by atoms with Crippen LogP contribution in [0.4, 0.5) is 27.4 Å². The van der Waals surface area contributed by atoms with Crippen LogP contribution in [0, 0.1) is 5.82 Å². The average Bonchev–Trinajstić information content (AvgIpc) is 3.72. The van der Waals surface area contributed by atoms with Gasteiger partial charge in [0.05, 0.1) is 16.8 Å². The normalized spacial score (nSPS) is 19.6. The first-order valence-corrected chi connectivity index (χ1v) is 15.1. The lowest BCUT2D eigenvalue weighted by Gasteiger charge is -2.33. The number of halogens is 1. The molecule has 0 aromatic carbocycles. The number of carbonyl (C=O) groups is 1. The molecule has 1 saturated carbocycles. The van der Waals surface area contributed by atoms with Crippen molar-refractivity contribution in [1.82, 2.24) is 19.4 Å². The molecule has 2 fully saturated rings. The zero-order chi connectivity index (χ0) is 29.0. The van der Waals surface area contributed by atoms with Crippen molar-refractivity contribution >= 4 is 40.3 Å². The van der Waals surface area contributed by atoms with E-state index in [1.165, 1.54) is 52.6 Å². The highest BCUT2D eigenvalue weighted by Gasteiger charge is 2.39. The molecule has 2 N–H and O–H groups in total. The van der Waals surface area contributed by atoms with Gasteiger partial charge in [0.15, 0.2) is 0 Å². The number of hydrogen-bond donors (Lipinski definition) is 2. The second-order valence-electron chi connectivity index (χ2n) is 11.5. The first kappa shape index (κ1) is 26.8. The van der Waals surface area contributed by atoms with Crippen LogP contribution in [0.5, 0.6) is 0 Å². The number of hydrogen-bond acceptors (Lipinski definition) is 8. The molecule has 42 heavy (non-hydrogen) atoms. The maximum absolute atomic E-state index is 15.1. The first-order chi connectivity index (χ1) is 20.3. The molecule has 1 amide bonds. The zero-order valence-electron chi connectivity index (χ0n) is 23.6. The number of carbonyl (C=O) groups excluding carboxylic acids is 1. The van der Waals surface area contributed by atoms with Crippen molar-refractivity contribution in [2.75, 3.05) is 48.8 Å². The number of pyridine rings is 3. The monoisotopic (exact) mass is 585 g/mol. The third-order valence-electron chi connectivity index (χ3n) is 8.68. The predicted molar refractivity (Wildman–Crippen MR) is 164 cm³/mol. The number of anilines is 4. The van der Waals surface area contributed by atoms with E-state index in [0.717, 1.165) is 31.9 Å². The first-order valence-electron chi connectivity index (χ1n) is 14.3. The molecule has 1 aliphatic heterocycles. The standard InChI is InChI=1S/C31H32FN7O2S/c1-37-9-11-39(12-10-37)21-5-7-26(33-16-21)34-24-14-20(17-38(2)31(24)41)28-23(32)6-8-27(35-28)36-30(40)25-15-22-18-3-4-19(13-18)29(22)42-25/h5-8,14-19H,3-4,9-13H2,1-2H3,(H,33,34)(H,35,36,40). The number of likely N-dealkylation sites (N-methyl/N-ethyl adjacent to an activating group) is 1. The highest BCUT2D eigenvalue weighted by molar-refractivity contribution is 7.14. The number of piperazine rings is 1. The number of nitrogens with one attached hydrogen (secondary N) is 2. The second kappa shape index (κ2) is 10.6. The Labute approximate surface area is 247 Å². The van der Waals surface area contributed by atoms with E-state index in [9.17, 15) is 9.59 Å². The lowest BCUT2D eigenvalue weighted by atomic mass is 9.99. The number of nitrogens with zero attached hydrogens (tertiary/aromatic N) is 5. The Kier molecular flexibility index (Phi) is 6.78. The maximum atomic E-state index is 15.1. The van der Waals surface area contributed by atoms with Gasteiger partial charge in [0.1, 0.15) is 28.8 Å². The third kappa shape index (κ3) is 4.96. The van der Waals surface area contributed by atoms with E-state index in [1.807, 2.05) is 18.2 Å². The molecule has 2 bridgehead atoms. The fourth-order valence-corrected chi connectivity index (χ4v) is 7.63. The third-order valence-corrected chi connectivity index (χ3v) is 9.99. The van der Waals surface area contributed by atoms with Crippen LogP contribution in [-0.2, 0) is 7.05 Å². The molecule has 3 aliphatic rings. The van der Waals surface area contributed by atoms with Crippen molar-refractivity contribution in [2.45, 2.75) is 31.1 Å². The fraction of sp³-hybridized carbons (Fsp3) is 0.355. The molecule has 2 atom stereocenters. The Hall–Kier alpha value is -4.09. The van der Waals surface area contributed by atoms with Crippen molar-refractivity contribution < 1.29 is 9.18 Å². The van der Waals surface area contributed by atoms with Crippen LogP contribution in [-0.4, -0.2) is 58.6 Å². The largest absolute Gasteiger partial charge is 0.368 e. The van der Waals surface area contributed by atoms with Gasteiger partial charge >= 0.3 is 0 Å². The van der Waals surface area contributed by atoms with Crippen LogP contribution < -0.4 is 21.1 Å². The van der Waals surface area contributed by atoms with Gasteiger partial charge in [-0.15, -0.1) is 11.3 Å². The lowest BCUT2D eigenvalue weighted by Crippen LogP contribution is -2.44. The summed E-state index contributed by atoms with van der Waals surface area (Å²) in [4.78, 5) is 41.6. The molecular weight excluding hydrogens is 553 g/mol. The molecule has 0 spiro atoms. The number of amides is 1. The van der Waals surface area contributed by atoms with E-state index < -0.39 is 5.82 Å². The van der Waals surface area contributed by atoms with Crippen molar-refractivity contribution in [3.05, 3.63) is 80.3 Å². The highest BCUT2D eigenvalue weighted by Crippen LogP contribution is 2.55. The van der Waals surface area contributed by atoms with Crippen molar-refractivity contribution in [3.63, 3.8) is 0 Å². The molecule has 2 unspecified atom stereocenters. The molecule has 2 aliphatic carbocycles. The minimum atomic E-state index is -0.557. The Balaban J connectivity index is 1.10. The van der Waals surface area contributed by atoms with E-state index in [-0.39, 0.29) is 28.7 Å². The van der Waals surface area contributed by atoms with Gasteiger partial charge in [0.2, 0.25) is 0 Å². The summed E-state index contributed by atoms with van der Waals surface area (Å²) in [6, 6.07) is 10.1. The van der Waals surface area contributed by atoms with Crippen LogP contribution in [0.2, 0.25) is 0 Å². The molecular formula is C31H32FN7O2S. The van der Waals surface area contributed by atoms with E-state index in [2.05, 4.69) is 37.4 Å². The Morgan fingerprint density at radius 3 is 2.57 bits per heavy atom. The van der Waals surface area contributed by atoms with E-state index in [1.54, 1.807) is 30.6 Å². The van der Waals surface area contributed by atoms with Gasteiger partial charge in [-0.25, -0.2) is 14.4 Å². The summed E-state index contributed by atoms with van der Waals surface area (Å²) in [6.07, 6.45) is 6.94. The SMILES string of the molecule is CN1CCN(c2ccc(Nc3cc(-c4nc(NC(=O)c5cc6c(s5)C5CCC6C5)ccc4F)cn(C)c3=O)nc2)CC1. The average molecular weight is 586 g/mol. The van der Waals surface area contributed by atoms with Crippen LogP contribution in [0.25, 0.3) is 11.3 Å². The molecule has 5 heterocycles. The molecule has 9 nitrogen and oxygen atoms in total. The molecule has 0 radical (unpaired) electrons. The zero-order valence-corrected chi connectivity index (χ0v) is 24.4. The molecule has 7 rings (SSSR count). The van der Waals surface area contributed by atoms with Crippen LogP contribution in [0.15, 0.2) is 53.6 Å². The summed E-state index contributed by atoms with van der Waals surface area (Å²) in [5.41, 5.74) is 2.75. The van der Waals surface area contributed by atoms with Gasteiger partial charge in [-0.1, -0.05) is 0 Å². The van der Waals surface area contributed by atoms with Gasteiger partial charge in [-0.3, -0.25) is 9.59 Å². The Morgan fingerprint density at radius 1 is 1.02 bits per heavy atom. The van der Waals surface area contributed by atoms with Crippen LogP contribution in [0.3, 0.4) is 0 Å². The summed E-state index contributed by atoms with van der Waals surface area (Å²) in [5, 5.41) is 5.93. The van der Waals surface area contributed by atoms with E-state index in [0.29, 0.717) is 28.1 Å². The summed E-state index contributed by atoms with van der Waals surface area (Å²) < 4.78 is 16.4. The quantitative estimate of drug-likeness (QED) is 0.323. The van der Waals surface area contributed by atoms with Crippen molar-refractivity contribution in [3.8, 4) is 11.3 Å². The van der Waals surface area contributed by atoms with Gasteiger partial charge in [0.25, 0.3) is 11.5 Å². The molecule has 4 aromatic rings. The van der Waals surface area contributed by atoms with E-state index >= 15 is 4.39 Å². The van der Waals surface area contributed by atoms with Gasteiger partial charge < -0.3 is 25.0 Å². The molecule has 1 saturated heterocycles. The van der Waals surface area contributed by atoms with Crippen LogP contribution >= 0.6 is 11.3 Å². The van der Waals surface area contributed by atoms with Crippen LogP contribution in [0.1, 0.15) is 51.2 Å². The number of aryl methyl sites for hydroxylation is 1. The van der Waals surface area contributed by atoms with Gasteiger partial charge in [-0.2, -0.15) is 0 Å². The summed E-state index contributed by atoms with van der Waals surface area (Å²) in [7, 11) is 3.72. The predicted octanol–water partition coefficient (Wildman–Crippen LogP) is 5.16. The van der Waals surface area contributed by atoms with Gasteiger partial charge in [-0.05, 0) is 80.1 Å².